The lowest BCUT2D eigenvalue weighted by Crippen LogP contribution is -2.31. The Bertz CT molecular complexity index is 223. The highest BCUT2D eigenvalue weighted by Gasteiger charge is 2.28. The van der Waals surface area contributed by atoms with Crippen LogP contribution in [0.4, 0.5) is 0 Å². The Hall–Kier alpha value is -1.19. The van der Waals surface area contributed by atoms with Gasteiger partial charge in [0, 0.05) is 12.1 Å². The van der Waals surface area contributed by atoms with Gasteiger partial charge in [0.2, 0.25) is 0 Å². The summed E-state index contributed by atoms with van der Waals surface area (Å²) >= 11 is 0. The molecule has 4 heteroatoms. The van der Waals surface area contributed by atoms with Crippen LogP contribution in [0.25, 0.3) is 0 Å². The first-order valence-electron chi connectivity index (χ1n) is 4.28. The predicted molar refractivity (Wildman–Crippen MR) is 48.8 cm³/mol. The van der Waals surface area contributed by atoms with Crippen molar-refractivity contribution in [1.82, 2.24) is 0 Å². The van der Waals surface area contributed by atoms with Crippen molar-refractivity contribution >= 4 is 17.5 Å². The molecule has 0 aliphatic carbocycles. The largest absolute Gasteiger partial charge is 0.465 e. The molecule has 0 rings (SSSR count). The van der Waals surface area contributed by atoms with Gasteiger partial charge in [-0.25, -0.2) is 0 Å². The summed E-state index contributed by atoms with van der Waals surface area (Å²) in [4.78, 5) is 22.4. The van der Waals surface area contributed by atoms with Gasteiger partial charge < -0.3 is 10.1 Å². The maximum Gasteiger partial charge on any atom is 0.322 e. The standard InChI is InChI=1S/C9H15NO3/c1-4-7(11)8(6(3)10)9(12)13-5-2/h8,10H,4-5H2,1-3H3. The minimum atomic E-state index is -0.995. The molecule has 1 N–H and O–H groups in total. The minimum Gasteiger partial charge on any atom is -0.465 e. The van der Waals surface area contributed by atoms with E-state index < -0.39 is 11.9 Å². The van der Waals surface area contributed by atoms with Gasteiger partial charge in [-0.15, -0.1) is 0 Å². The zero-order chi connectivity index (χ0) is 10.4. The first-order chi connectivity index (χ1) is 6.04. The van der Waals surface area contributed by atoms with Crippen LogP contribution in [0.3, 0.4) is 0 Å². The molecule has 0 aliphatic heterocycles. The van der Waals surface area contributed by atoms with Crippen molar-refractivity contribution in [2.75, 3.05) is 6.61 Å². The van der Waals surface area contributed by atoms with Crippen LogP contribution in [-0.4, -0.2) is 24.1 Å². The number of ether oxygens (including phenoxy) is 1. The summed E-state index contributed by atoms with van der Waals surface area (Å²) in [6.07, 6.45) is 0.250. The lowest BCUT2D eigenvalue weighted by atomic mass is 9.98. The Morgan fingerprint density at radius 1 is 1.38 bits per heavy atom. The lowest BCUT2D eigenvalue weighted by molar-refractivity contribution is -0.148. The summed E-state index contributed by atoms with van der Waals surface area (Å²) in [6, 6.07) is 0. The average Bonchev–Trinajstić information content (AvgIpc) is 2.04. The number of rotatable bonds is 5. The summed E-state index contributed by atoms with van der Waals surface area (Å²) in [5, 5.41) is 7.27. The molecule has 0 spiro atoms. The van der Waals surface area contributed by atoms with Gasteiger partial charge in [-0.2, -0.15) is 0 Å². The van der Waals surface area contributed by atoms with Crippen LogP contribution in [0.5, 0.6) is 0 Å². The molecule has 0 fully saturated rings. The van der Waals surface area contributed by atoms with Gasteiger partial charge in [0.15, 0.2) is 11.7 Å². The van der Waals surface area contributed by atoms with Crippen molar-refractivity contribution in [2.24, 2.45) is 5.92 Å². The Morgan fingerprint density at radius 2 is 1.92 bits per heavy atom. The molecule has 0 saturated heterocycles. The second kappa shape index (κ2) is 5.45. The van der Waals surface area contributed by atoms with Crippen LogP contribution in [0.1, 0.15) is 27.2 Å². The number of carbonyl (C=O) groups is 2. The highest BCUT2D eigenvalue weighted by Crippen LogP contribution is 2.06. The molecular formula is C9H15NO3. The third-order valence-corrected chi connectivity index (χ3v) is 1.63. The third-order valence-electron chi connectivity index (χ3n) is 1.63. The van der Waals surface area contributed by atoms with E-state index in [0.29, 0.717) is 0 Å². The van der Waals surface area contributed by atoms with Crippen molar-refractivity contribution in [3.05, 3.63) is 0 Å². The van der Waals surface area contributed by atoms with Gasteiger partial charge in [-0.05, 0) is 13.8 Å². The molecule has 1 unspecified atom stereocenters. The lowest BCUT2D eigenvalue weighted by Gasteiger charge is -2.11. The molecule has 0 aromatic rings. The summed E-state index contributed by atoms with van der Waals surface area (Å²) in [7, 11) is 0. The molecule has 0 aliphatic rings. The van der Waals surface area contributed by atoms with E-state index in [1.807, 2.05) is 0 Å². The fraction of sp³-hybridized carbons (Fsp3) is 0.667. The molecule has 0 aromatic carbocycles. The minimum absolute atomic E-state index is 0.0466. The fourth-order valence-corrected chi connectivity index (χ4v) is 0.979. The summed E-state index contributed by atoms with van der Waals surface area (Å²) in [5.41, 5.74) is 0.0466. The molecular weight excluding hydrogens is 170 g/mol. The van der Waals surface area contributed by atoms with Gasteiger partial charge in [0.25, 0.3) is 0 Å². The zero-order valence-corrected chi connectivity index (χ0v) is 8.22. The first kappa shape index (κ1) is 11.8. The zero-order valence-electron chi connectivity index (χ0n) is 8.22. The van der Waals surface area contributed by atoms with Gasteiger partial charge in [0.05, 0.1) is 6.61 Å². The number of esters is 1. The van der Waals surface area contributed by atoms with Gasteiger partial charge in [0.1, 0.15) is 0 Å². The third kappa shape index (κ3) is 3.36. The van der Waals surface area contributed by atoms with E-state index in [2.05, 4.69) is 4.74 Å². The molecule has 0 saturated carbocycles. The molecule has 4 nitrogen and oxygen atoms in total. The molecule has 0 amide bonds. The fourth-order valence-electron chi connectivity index (χ4n) is 0.979. The first-order valence-corrected chi connectivity index (χ1v) is 4.28. The van der Waals surface area contributed by atoms with Crippen molar-refractivity contribution in [2.45, 2.75) is 27.2 Å². The van der Waals surface area contributed by atoms with Crippen molar-refractivity contribution in [3.63, 3.8) is 0 Å². The number of hydrogen-bond acceptors (Lipinski definition) is 4. The van der Waals surface area contributed by atoms with E-state index in [1.165, 1.54) is 6.92 Å². The van der Waals surface area contributed by atoms with Crippen molar-refractivity contribution < 1.29 is 14.3 Å². The normalized spacial score (nSPS) is 11.9. The molecule has 74 valence electrons. The second-order valence-corrected chi connectivity index (χ2v) is 2.69. The Kier molecular flexibility index (Phi) is 4.96. The topological polar surface area (TPSA) is 67.2 Å². The SMILES string of the molecule is CCOC(=O)C(C(C)=N)C(=O)CC. The van der Waals surface area contributed by atoms with E-state index in [-0.39, 0.29) is 24.5 Å². The van der Waals surface area contributed by atoms with Crippen molar-refractivity contribution in [3.8, 4) is 0 Å². The maximum absolute atomic E-state index is 11.2. The van der Waals surface area contributed by atoms with E-state index in [0.717, 1.165) is 0 Å². The highest BCUT2D eigenvalue weighted by molar-refractivity contribution is 6.17. The van der Waals surface area contributed by atoms with E-state index in [9.17, 15) is 9.59 Å². The second-order valence-electron chi connectivity index (χ2n) is 2.69. The van der Waals surface area contributed by atoms with Crippen LogP contribution < -0.4 is 0 Å². The summed E-state index contributed by atoms with van der Waals surface area (Å²) in [6.45, 7) is 5.01. The predicted octanol–water partition coefficient (Wildman–Crippen LogP) is 1.18. The number of ketones is 1. The van der Waals surface area contributed by atoms with Crippen LogP contribution in [0.15, 0.2) is 0 Å². The van der Waals surface area contributed by atoms with Gasteiger partial charge in [-0.1, -0.05) is 6.92 Å². The summed E-state index contributed by atoms with van der Waals surface area (Å²) in [5.74, 6) is -1.86. The van der Waals surface area contributed by atoms with E-state index in [1.54, 1.807) is 13.8 Å². The Morgan fingerprint density at radius 3 is 2.23 bits per heavy atom. The molecule has 1 atom stereocenters. The molecule has 0 radical (unpaired) electrons. The van der Waals surface area contributed by atoms with E-state index >= 15 is 0 Å². The number of Topliss-reactive ketones (excluding diaryl/α,β-unsaturated/α-hetero) is 1. The maximum atomic E-state index is 11.2. The Balaban J connectivity index is 4.51. The van der Waals surface area contributed by atoms with Gasteiger partial charge in [-0.3, -0.25) is 9.59 Å². The van der Waals surface area contributed by atoms with E-state index in [4.69, 9.17) is 5.41 Å². The highest BCUT2D eigenvalue weighted by atomic mass is 16.5. The van der Waals surface area contributed by atoms with Crippen LogP contribution in [-0.2, 0) is 14.3 Å². The smallest absolute Gasteiger partial charge is 0.322 e. The van der Waals surface area contributed by atoms with Gasteiger partial charge >= 0.3 is 5.97 Å². The van der Waals surface area contributed by atoms with Crippen molar-refractivity contribution in [1.29, 1.82) is 5.41 Å². The van der Waals surface area contributed by atoms with Crippen LogP contribution >= 0.6 is 0 Å². The van der Waals surface area contributed by atoms with Crippen LogP contribution in [0.2, 0.25) is 0 Å². The van der Waals surface area contributed by atoms with Crippen LogP contribution in [0, 0.1) is 11.3 Å². The number of carbonyl (C=O) groups excluding carboxylic acids is 2. The molecule has 13 heavy (non-hydrogen) atoms. The average molecular weight is 185 g/mol. The Labute approximate surface area is 77.8 Å². The quantitative estimate of drug-likeness (QED) is 0.397. The molecule has 0 aromatic heterocycles. The molecule has 0 heterocycles. The molecule has 0 bridgehead atoms. The number of nitrogens with one attached hydrogen (secondary N) is 1. The monoisotopic (exact) mass is 185 g/mol. The number of hydrogen-bond donors (Lipinski definition) is 1. The summed E-state index contributed by atoms with van der Waals surface area (Å²) < 4.78 is 4.69.